The van der Waals surface area contributed by atoms with Crippen molar-refractivity contribution in [2.24, 2.45) is 0 Å². The lowest BCUT2D eigenvalue weighted by Crippen LogP contribution is -2.43. The van der Waals surface area contributed by atoms with Crippen LogP contribution in [-0.2, 0) is 22.6 Å². The highest BCUT2D eigenvalue weighted by molar-refractivity contribution is 5.80. The van der Waals surface area contributed by atoms with Crippen LogP contribution in [0.4, 0.5) is 0 Å². The maximum absolute atomic E-state index is 12.8. The lowest BCUT2D eigenvalue weighted by Gasteiger charge is -2.33. The topological polar surface area (TPSA) is 85.7 Å². The van der Waals surface area contributed by atoms with Crippen molar-refractivity contribution in [2.45, 2.75) is 25.4 Å². The SMILES string of the molecule is CNC(=O)C[C@@H]1CN(C(=O)Cc2ccc3c(c2)OCO3)Cc2ccnn21. The molecule has 0 saturated heterocycles. The van der Waals surface area contributed by atoms with Gasteiger partial charge in [-0.1, -0.05) is 6.07 Å². The molecule has 26 heavy (non-hydrogen) atoms. The van der Waals surface area contributed by atoms with Crippen molar-refractivity contribution in [3.8, 4) is 11.5 Å². The van der Waals surface area contributed by atoms with E-state index in [-0.39, 0.29) is 31.1 Å². The first-order chi connectivity index (χ1) is 12.6. The molecule has 0 fully saturated rings. The van der Waals surface area contributed by atoms with Gasteiger partial charge in [0.05, 0.1) is 31.1 Å². The van der Waals surface area contributed by atoms with Crippen LogP contribution in [0, 0.1) is 0 Å². The average molecular weight is 356 g/mol. The van der Waals surface area contributed by atoms with Crippen LogP contribution < -0.4 is 14.8 Å². The zero-order chi connectivity index (χ0) is 18.1. The Morgan fingerprint density at radius 1 is 1.27 bits per heavy atom. The van der Waals surface area contributed by atoms with Gasteiger partial charge in [0.2, 0.25) is 18.6 Å². The molecule has 1 aromatic carbocycles. The van der Waals surface area contributed by atoms with Crippen LogP contribution in [0.5, 0.6) is 11.5 Å². The molecule has 8 nitrogen and oxygen atoms in total. The summed E-state index contributed by atoms with van der Waals surface area (Å²) in [5.74, 6) is 1.32. The minimum atomic E-state index is -0.158. The van der Waals surface area contributed by atoms with E-state index in [1.165, 1.54) is 0 Å². The second kappa shape index (κ2) is 6.70. The predicted molar refractivity (Wildman–Crippen MR) is 91.6 cm³/mol. The van der Waals surface area contributed by atoms with Gasteiger partial charge >= 0.3 is 0 Å². The van der Waals surface area contributed by atoms with Gasteiger partial charge in [-0.15, -0.1) is 0 Å². The summed E-state index contributed by atoms with van der Waals surface area (Å²) < 4.78 is 12.5. The Kier molecular flexibility index (Phi) is 4.24. The van der Waals surface area contributed by atoms with Crippen molar-refractivity contribution >= 4 is 11.8 Å². The number of carbonyl (C=O) groups excluding carboxylic acids is 2. The van der Waals surface area contributed by atoms with Gasteiger partial charge in [0.15, 0.2) is 11.5 Å². The average Bonchev–Trinajstić information content (AvgIpc) is 3.29. The van der Waals surface area contributed by atoms with Gasteiger partial charge in [-0.2, -0.15) is 5.10 Å². The Labute approximate surface area is 150 Å². The third kappa shape index (κ3) is 3.10. The summed E-state index contributed by atoms with van der Waals surface area (Å²) in [6, 6.07) is 7.27. The van der Waals surface area contributed by atoms with Crippen molar-refractivity contribution in [1.82, 2.24) is 20.0 Å². The molecule has 0 radical (unpaired) electrons. The third-order valence-corrected chi connectivity index (χ3v) is 4.73. The molecule has 1 atom stereocenters. The number of amides is 2. The molecule has 1 N–H and O–H groups in total. The minimum absolute atomic E-state index is 0.0122. The number of aromatic nitrogens is 2. The fraction of sp³-hybridized carbons (Fsp3) is 0.389. The lowest BCUT2D eigenvalue weighted by atomic mass is 10.1. The minimum Gasteiger partial charge on any atom is -0.454 e. The summed E-state index contributed by atoms with van der Waals surface area (Å²) in [5.41, 5.74) is 1.81. The fourth-order valence-corrected chi connectivity index (χ4v) is 3.38. The van der Waals surface area contributed by atoms with Gasteiger partial charge in [0.1, 0.15) is 0 Å². The normalized spacial score (nSPS) is 17.7. The Balaban J connectivity index is 1.48. The molecule has 136 valence electrons. The number of carbonyl (C=O) groups is 2. The number of hydrogen-bond acceptors (Lipinski definition) is 5. The van der Waals surface area contributed by atoms with Crippen molar-refractivity contribution in [2.75, 3.05) is 20.4 Å². The molecule has 2 aromatic rings. The summed E-state index contributed by atoms with van der Waals surface area (Å²) in [4.78, 5) is 26.4. The number of nitrogens with one attached hydrogen (secondary N) is 1. The molecular weight excluding hydrogens is 336 g/mol. The highest BCUT2D eigenvalue weighted by Crippen LogP contribution is 2.33. The molecule has 3 heterocycles. The number of rotatable bonds is 4. The van der Waals surface area contributed by atoms with Gasteiger partial charge in [0.25, 0.3) is 0 Å². The van der Waals surface area contributed by atoms with E-state index in [2.05, 4.69) is 10.4 Å². The number of hydrogen-bond donors (Lipinski definition) is 1. The van der Waals surface area contributed by atoms with Crippen molar-refractivity contribution in [3.63, 3.8) is 0 Å². The molecule has 2 amide bonds. The Morgan fingerprint density at radius 2 is 2.12 bits per heavy atom. The fourth-order valence-electron chi connectivity index (χ4n) is 3.38. The van der Waals surface area contributed by atoms with E-state index < -0.39 is 0 Å². The van der Waals surface area contributed by atoms with Crippen LogP contribution in [0.2, 0.25) is 0 Å². The summed E-state index contributed by atoms with van der Waals surface area (Å²) in [7, 11) is 1.61. The molecule has 0 aliphatic carbocycles. The van der Waals surface area contributed by atoms with Crippen molar-refractivity contribution in [1.29, 1.82) is 0 Å². The first-order valence-corrected chi connectivity index (χ1v) is 8.53. The molecule has 0 bridgehead atoms. The zero-order valence-electron chi connectivity index (χ0n) is 14.5. The van der Waals surface area contributed by atoms with E-state index in [1.54, 1.807) is 18.1 Å². The molecule has 0 spiro atoms. The Bertz CT molecular complexity index is 847. The van der Waals surface area contributed by atoms with Gasteiger partial charge < -0.3 is 19.7 Å². The lowest BCUT2D eigenvalue weighted by molar-refractivity contribution is -0.133. The van der Waals surface area contributed by atoms with Gasteiger partial charge in [-0.3, -0.25) is 14.3 Å². The van der Waals surface area contributed by atoms with Gasteiger partial charge in [-0.25, -0.2) is 0 Å². The van der Waals surface area contributed by atoms with Crippen molar-refractivity contribution in [3.05, 3.63) is 41.7 Å². The summed E-state index contributed by atoms with van der Waals surface area (Å²) >= 11 is 0. The van der Waals surface area contributed by atoms with Crippen LogP contribution in [0.3, 0.4) is 0 Å². The number of nitrogens with zero attached hydrogens (tertiary/aromatic N) is 3. The summed E-state index contributed by atoms with van der Waals surface area (Å²) in [5, 5.41) is 6.94. The van der Waals surface area contributed by atoms with E-state index >= 15 is 0 Å². The van der Waals surface area contributed by atoms with Crippen LogP contribution in [0.1, 0.15) is 23.7 Å². The predicted octanol–water partition coefficient (Wildman–Crippen LogP) is 0.874. The second-order valence-electron chi connectivity index (χ2n) is 6.44. The maximum Gasteiger partial charge on any atom is 0.231 e. The van der Waals surface area contributed by atoms with Crippen LogP contribution >= 0.6 is 0 Å². The molecule has 0 unspecified atom stereocenters. The third-order valence-electron chi connectivity index (χ3n) is 4.73. The smallest absolute Gasteiger partial charge is 0.231 e. The summed E-state index contributed by atoms with van der Waals surface area (Å²) in [6.45, 7) is 1.17. The van der Waals surface area contributed by atoms with Gasteiger partial charge in [-0.05, 0) is 23.8 Å². The van der Waals surface area contributed by atoms with E-state index in [0.717, 1.165) is 11.3 Å². The number of ether oxygens (including phenoxy) is 2. The Hall–Kier alpha value is -3.03. The van der Waals surface area contributed by atoms with E-state index in [4.69, 9.17) is 9.47 Å². The highest BCUT2D eigenvalue weighted by atomic mass is 16.7. The maximum atomic E-state index is 12.8. The standard InChI is InChI=1S/C18H20N4O4/c1-19-17(23)8-14-10-21(9-13-4-5-20-22(13)14)18(24)7-12-2-3-15-16(6-12)26-11-25-15/h2-6,14H,7-11H2,1H3,(H,19,23)/t14-/m1/s1. The van der Waals surface area contributed by atoms with Crippen LogP contribution in [0.15, 0.2) is 30.5 Å². The summed E-state index contributed by atoms with van der Waals surface area (Å²) in [6.07, 6.45) is 2.27. The quantitative estimate of drug-likeness (QED) is 0.879. The Morgan fingerprint density at radius 3 is 2.96 bits per heavy atom. The van der Waals surface area contributed by atoms with Crippen molar-refractivity contribution < 1.29 is 19.1 Å². The molecule has 0 saturated carbocycles. The van der Waals surface area contributed by atoms with Gasteiger partial charge in [0, 0.05) is 19.8 Å². The molecule has 2 aliphatic rings. The second-order valence-corrected chi connectivity index (χ2v) is 6.44. The van der Waals surface area contributed by atoms with E-state index in [1.807, 2.05) is 28.9 Å². The monoisotopic (exact) mass is 356 g/mol. The molecule has 2 aliphatic heterocycles. The van der Waals surface area contributed by atoms with E-state index in [0.29, 0.717) is 31.0 Å². The van der Waals surface area contributed by atoms with Crippen LogP contribution in [-0.4, -0.2) is 46.9 Å². The molecule has 4 rings (SSSR count). The largest absolute Gasteiger partial charge is 0.454 e. The van der Waals surface area contributed by atoms with E-state index in [9.17, 15) is 9.59 Å². The molecule has 8 heteroatoms. The molecular formula is C18H20N4O4. The first kappa shape index (κ1) is 16.4. The highest BCUT2D eigenvalue weighted by Gasteiger charge is 2.30. The number of benzene rings is 1. The zero-order valence-corrected chi connectivity index (χ0v) is 14.5. The number of fused-ring (bicyclic) bond motifs is 2. The molecule has 1 aromatic heterocycles. The van der Waals surface area contributed by atoms with Crippen LogP contribution in [0.25, 0.3) is 0 Å². The first-order valence-electron chi connectivity index (χ1n) is 8.53.